The topological polar surface area (TPSA) is 75.9 Å². The molecule has 0 saturated carbocycles. The Balaban J connectivity index is 2.14. The molecule has 0 aromatic carbocycles. The first-order chi connectivity index (χ1) is 9.11. The molecule has 0 bridgehead atoms. The van der Waals surface area contributed by atoms with Gasteiger partial charge < -0.3 is 15.2 Å². The second kappa shape index (κ2) is 5.69. The third kappa shape index (κ3) is 3.01. The van der Waals surface area contributed by atoms with Crippen LogP contribution in [0.4, 0.5) is 11.8 Å². The van der Waals surface area contributed by atoms with Crippen molar-refractivity contribution in [2.75, 3.05) is 17.2 Å². The summed E-state index contributed by atoms with van der Waals surface area (Å²) in [5.74, 6) is 2.23. The van der Waals surface area contributed by atoms with Gasteiger partial charge in [0.1, 0.15) is 11.6 Å². The van der Waals surface area contributed by atoms with E-state index in [1.54, 1.807) is 6.20 Å². The first-order valence-electron chi connectivity index (χ1n) is 6.38. The maximum Gasteiger partial charge on any atom is 0.224 e. The van der Waals surface area contributed by atoms with E-state index >= 15 is 0 Å². The zero-order chi connectivity index (χ0) is 13.8. The number of hydrogen-bond acceptors (Lipinski definition) is 6. The van der Waals surface area contributed by atoms with Gasteiger partial charge in [-0.05, 0) is 33.8 Å². The van der Waals surface area contributed by atoms with Crippen molar-refractivity contribution >= 4 is 11.8 Å². The van der Waals surface area contributed by atoms with Crippen molar-refractivity contribution in [3.8, 4) is 0 Å². The minimum Gasteiger partial charge on any atom is -0.363 e. The van der Waals surface area contributed by atoms with E-state index in [-0.39, 0.29) is 6.04 Å². The van der Waals surface area contributed by atoms with Gasteiger partial charge in [-0.25, -0.2) is 4.98 Å². The van der Waals surface area contributed by atoms with Gasteiger partial charge >= 0.3 is 0 Å². The summed E-state index contributed by atoms with van der Waals surface area (Å²) < 4.78 is 5.18. The summed E-state index contributed by atoms with van der Waals surface area (Å²) in [5.41, 5.74) is 1.97. The molecule has 2 rings (SSSR count). The van der Waals surface area contributed by atoms with Crippen LogP contribution in [0.5, 0.6) is 0 Å². The fourth-order valence-corrected chi connectivity index (χ4v) is 2.08. The molecular formula is C13H19N5O. The van der Waals surface area contributed by atoms with E-state index < -0.39 is 0 Å². The maximum absolute atomic E-state index is 5.18. The van der Waals surface area contributed by atoms with Gasteiger partial charge in [-0.2, -0.15) is 4.98 Å². The normalized spacial score (nSPS) is 12.2. The molecule has 0 radical (unpaired) electrons. The highest BCUT2D eigenvalue weighted by Crippen LogP contribution is 2.24. The Kier molecular flexibility index (Phi) is 3.99. The Morgan fingerprint density at radius 3 is 2.79 bits per heavy atom. The predicted molar refractivity (Wildman–Crippen MR) is 74.2 cm³/mol. The minimum atomic E-state index is 0.0793. The molecule has 0 amide bonds. The average Bonchev–Trinajstić information content (AvgIpc) is 2.70. The van der Waals surface area contributed by atoms with Crippen LogP contribution in [0.3, 0.4) is 0 Å². The van der Waals surface area contributed by atoms with E-state index in [4.69, 9.17) is 4.52 Å². The molecule has 2 aromatic heterocycles. The first-order valence-corrected chi connectivity index (χ1v) is 6.38. The van der Waals surface area contributed by atoms with Crippen molar-refractivity contribution in [1.29, 1.82) is 0 Å². The van der Waals surface area contributed by atoms with Crippen LogP contribution in [0, 0.1) is 13.8 Å². The Bertz CT molecular complexity index is 532. The van der Waals surface area contributed by atoms with Crippen LogP contribution >= 0.6 is 0 Å². The number of nitrogens with zero attached hydrogens (tertiary/aromatic N) is 3. The average molecular weight is 261 g/mol. The Morgan fingerprint density at radius 2 is 2.16 bits per heavy atom. The minimum absolute atomic E-state index is 0.0793. The Hall–Kier alpha value is -2.11. The second-order valence-electron chi connectivity index (χ2n) is 4.40. The number of hydrogen-bond donors (Lipinski definition) is 2. The molecule has 0 saturated heterocycles. The van der Waals surface area contributed by atoms with Crippen molar-refractivity contribution < 1.29 is 4.52 Å². The first kappa shape index (κ1) is 13.3. The SMILES string of the molecule is CCNc1nccc(NC(C)c2c(C)noc2C)n1. The number of rotatable bonds is 5. The quantitative estimate of drug-likeness (QED) is 0.861. The van der Waals surface area contributed by atoms with Crippen molar-refractivity contribution in [2.45, 2.75) is 33.7 Å². The Morgan fingerprint density at radius 1 is 1.37 bits per heavy atom. The number of anilines is 2. The van der Waals surface area contributed by atoms with Gasteiger partial charge in [0.15, 0.2) is 0 Å². The summed E-state index contributed by atoms with van der Waals surface area (Å²) >= 11 is 0. The highest BCUT2D eigenvalue weighted by atomic mass is 16.5. The van der Waals surface area contributed by atoms with Crippen LogP contribution < -0.4 is 10.6 Å². The third-order valence-corrected chi connectivity index (χ3v) is 2.88. The summed E-state index contributed by atoms with van der Waals surface area (Å²) in [6.07, 6.45) is 1.73. The number of aromatic nitrogens is 3. The molecule has 6 heteroatoms. The predicted octanol–water partition coefficient (Wildman–Crippen LogP) is 2.69. The molecule has 0 spiro atoms. The summed E-state index contributed by atoms with van der Waals surface area (Å²) in [6, 6.07) is 1.92. The van der Waals surface area contributed by atoms with E-state index in [1.807, 2.05) is 26.8 Å². The smallest absolute Gasteiger partial charge is 0.224 e. The van der Waals surface area contributed by atoms with E-state index in [1.165, 1.54) is 0 Å². The number of aryl methyl sites for hydroxylation is 2. The summed E-state index contributed by atoms with van der Waals surface area (Å²) in [4.78, 5) is 8.53. The molecule has 0 aliphatic heterocycles. The Labute approximate surface area is 112 Å². The highest BCUT2D eigenvalue weighted by Gasteiger charge is 2.16. The lowest BCUT2D eigenvalue weighted by Crippen LogP contribution is -2.11. The van der Waals surface area contributed by atoms with Crippen LogP contribution in [0.25, 0.3) is 0 Å². The molecule has 1 atom stereocenters. The molecule has 2 heterocycles. The van der Waals surface area contributed by atoms with Gasteiger partial charge in [0.25, 0.3) is 0 Å². The maximum atomic E-state index is 5.18. The molecule has 6 nitrogen and oxygen atoms in total. The van der Waals surface area contributed by atoms with E-state index in [0.717, 1.165) is 29.4 Å². The zero-order valence-electron chi connectivity index (χ0n) is 11.7. The third-order valence-electron chi connectivity index (χ3n) is 2.88. The zero-order valence-corrected chi connectivity index (χ0v) is 11.7. The van der Waals surface area contributed by atoms with Crippen LogP contribution in [0.15, 0.2) is 16.8 Å². The molecule has 102 valence electrons. The van der Waals surface area contributed by atoms with Crippen LogP contribution in [-0.4, -0.2) is 21.7 Å². The summed E-state index contributed by atoms with van der Waals surface area (Å²) in [7, 11) is 0. The van der Waals surface area contributed by atoms with Crippen molar-refractivity contribution in [3.63, 3.8) is 0 Å². The molecule has 0 aliphatic rings. The van der Waals surface area contributed by atoms with E-state index in [0.29, 0.717) is 5.95 Å². The molecule has 0 aliphatic carbocycles. The molecule has 2 N–H and O–H groups in total. The van der Waals surface area contributed by atoms with Crippen LogP contribution in [0.1, 0.15) is 36.9 Å². The molecular weight excluding hydrogens is 242 g/mol. The molecule has 19 heavy (non-hydrogen) atoms. The summed E-state index contributed by atoms with van der Waals surface area (Å²) in [5, 5.41) is 10.4. The monoisotopic (exact) mass is 261 g/mol. The lowest BCUT2D eigenvalue weighted by molar-refractivity contribution is 0.392. The second-order valence-corrected chi connectivity index (χ2v) is 4.40. The van der Waals surface area contributed by atoms with Gasteiger partial charge in [-0.1, -0.05) is 5.16 Å². The molecule has 2 aromatic rings. The van der Waals surface area contributed by atoms with E-state index in [9.17, 15) is 0 Å². The largest absolute Gasteiger partial charge is 0.363 e. The van der Waals surface area contributed by atoms with Gasteiger partial charge in [-0.3, -0.25) is 0 Å². The molecule has 1 unspecified atom stereocenters. The van der Waals surface area contributed by atoms with Crippen molar-refractivity contribution in [3.05, 3.63) is 29.3 Å². The van der Waals surface area contributed by atoms with Gasteiger partial charge in [-0.15, -0.1) is 0 Å². The fraction of sp³-hybridized carbons (Fsp3) is 0.462. The summed E-state index contributed by atoms with van der Waals surface area (Å²) in [6.45, 7) is 8.71. The lowest BCUT2D eigenvalue weighted by Gasteiger charge is -2.14. The lowest BCUT2D eigenvalue weighted by atomic mass is 10.1. The highest BCUT2D eigenvalue weighted by molar-refractivity contribution is 5.42. The molecule has 0 fully saturated rings. The van der Waals surface area contributed by atoms with Crippen LogP contribution in [-0.2, 0) is 0 Å². The van der Waals surface area contributed by atoms with Crippen molar-refractivity contribution in [2.24, 2.45) is 0 Å². The fourth-order valence-electron chi connectivity index (χ4n) is 2.08. The van der Waals surface area contributed by atoms with Gasteiger partial charge in [0.2, 0.25) is 5.95 Å². The van der Waals surface area contributed by atoms with Crippen LogP contribution in [0.2, 0.25) is 0 Å². The number of nitrogens with one attached hydrogen (secondary N) is 2. The van der Waals surface area contributed by atoms with Gasteiger partial charge in [0.05, 0.1) is 11.7 Å². The van der Waals surface area contributed by atoms with E-state index in [2.05, 4.69) is 32.7 Å². The standard InChI is InChI=1S/C13H19N5O/c1-5-14-13-15-7-6-11(17-13)16-8(2)12-9(3)18-19-10(12)4/h6-8H,5H2,1-4H3,(H2,14,15,16,17). The van der Waals surface area contributed by atoms with Gasteiger partial charge in [0, 0.05) is 18.3 Å². The van der Waals surface area contributed by atoms with Crippen molar-refractivity contribution in [1.82, 2.24) is 15.1 Å².